The van der Waals surface area contributed by atoms with E-state index in [1.54, 1.807) is 18.3 Å². The first kappa shape index (κ1) is 14.7. The minimum Gasteiger partial charge on any atom is -0.260 e. The summed E-state index contributed by atoms with van der Waals surface area (Å²) in [6, 6.07) is 11.3. The molecule has 3 aromatic rings. The summed E-state index contributed by atoms with van der Waals surface area (Å²) in [7, 11) is 0. The van der Waals surface area contributed by atoms with Crippen LogP contribution in [0.4, 0.5) is 5.82 Å². The number of hydrogen-bond acceptors (Lipinski definition) is 5. The number of aromatic nitrogens is 3. The van der Waals surface area contributed by atoms with E-state index in [1.165, 1.54) is 0 Å². The Morgan fingerprint density at radius 3 is 2.73 bits per heavy atom. The predicted octanol–water partition coefficient (Wildman–Crippen LogP) is 4.09. The monoisotopic (exact) mass is 331 g/mol. The van der Waals surface area contributed by atoms with Gasteiger partial charge in [-0.3, -0.25) is 5.43 Å². The quantitative estimate of drug-likeness (QED) is 0.446. The number of aryl methyl sites for hydroxylation is 1. The van der Waals surface area contributed by atoms with Gasteiger partial charge in [-0.25, -0.2) is 4.98 Å². The lowest BCUT2D eigenvalue weighted by atomic mass is 10.1. The number of halogens is 2. The number of hydrogen-bond donors (Lipinski definition) is 1. The number of fused-ring (bicyclic) bond motifs is 1. The summed E-state index contributed by atoms with van der Waals surface area (Å²) in [5, 5.41) is 13.4. The van der Waals surface area contributed by atoms with Crippen LogP contribution in [0.3, 0.4) is 0 Å². The maximum absolute atomic E-state index is 6.18. The van der Waals surface area contributed by atoms with E-state index in [0.29, 0.717) is 21.7 Å². The van der Waals surface area contributed by atoms with E-state index in [1.807, 2.05) is 31.2 Å². The maximum atomic E-state index is 6.18. The molecule has 0 aliphatic heterocycles. The number of anilines is 1. The maximum Gasteiger partial charge on any atom is 0.168 e. The SMILES string of the molecule is Cc1ccc2cc(/C=N/Nc3ccc(Cl)nn3)c(Cl)nc2c1. The van der Waals surface area contributed by atoms with Crippen LogP contribution < -0.4 is 5.43 Å². The lowest BCUT2D eigenvalue weighted by Crippen LogP contribution is -1.96. The van der Waals surface area contributed by atoms with Crippen LogP contribution in [-0.4, -0.2) is 21.4 Å². The van der Waals surface area contributed by atoms with Gasteiger partial charge in [-0.15, -0.1) is 10.2 Å². The zero-order chi connectivity index (χ0) is 15.5. The molecule has 0 radical (unpaired) electrons. The molecule has 0 saturated heterocycles. The fraction of sp³-hybridized carbons (Fsp3) is 0.0667. The third-order valence-corrected chi connectivity index (χ3v) is 3.47. The Kier molecular flexibility index (Phi) is 4.18. The minimum atomic E-state index is 0.326. The molecule has 1 N–H and O–H groups in total. The first-order valence-corrected chi connectivity index (χ1v) is 7.22. The van der Waals surface area contributed by atoms with Crippen molar-refractivity contribution in [3.8, 4) is 0 Å². The highest BCUT2D eigenvalue weighted by molar-refractivity contribution is 6.32. The molecule has 2 heterocycles. The van der Waals surface area contributed by atoms with Crippen molar-refractivity contribution in [2.24, 2.45) is 5.10 Å². The van der Waals surface area contributed by atoms with Gasteiger partial charge in [0.1, 0.15) is 5.15 Å². The Labute approximate surface area is 137 Å². The summed E-state index contributed by atoms with van der Waals surface area (Å²) in [6.45, 7) is 2.02. The molecule has 0 aliphatic rings. The number of nitrogens with one attached hydrogen (secondary N) is 1. The summed E-state index contributed by atoms with van der Waals surface area (Å²) in [5.41, 5.74) is 5.47. The lowest BCUT2D eigenvalue weighted by Gasteiger charge is -2.03. The lowest BCUT2D eigenvalue weighted by molar-refractivity contribution is 1.02. The Hall–Kier alpha value is -2.24. The second kappa shape index (κ2) is 6.25. The molecule has 5 nitrogen and oxygen atoms in total. The van der Waals surface area contributed by atoms with Crippen LogP contribution in [-0.2, 0) is 0 Å². The van der Waals surface area contributed by atoms with Crippen LogP contribution >= 0.6 is 23.2 Å². The van der Waals surface area contributed by atoms with Gasteiger partial charge in [0.15, 0.2) is 11.0 Å². The normalized spacial score (nSPS) is 11.2. The Morgan fingerprint density at radius 2 is 1.95 bits per heavy atom. The van der Waals surface area contributed by atoms with Gasteiger partial charge in [0.05, 0.1) is 11.7 Å². The highest BCUT2D eigenvalue weighted by atomic mass is 35.5. The van der Waals surface area contributed by atoms with E-state index in [9.17, 15) is 0 Å². The topological polar surface area (TPSA) is 63.1 Å². The van der Waals surface area contributed by atoms with Crippen LogP contribution in [0.5, 0.6) is 0 Å². The first-order valence-electron chi connectivity index (χ1n) is 6.47. The first-order chi connectivity index (χ1) is 10.6. The zero-order valence-electron chi connectivity index (χ0n) is 11.6. The van der Waals surface area contributed by atoms with Crippen molar-refractivity contribution < 1.29 is 0 Å². The average molecular weight is 332 g/mol. The largest absolute Gasteiger partial charge is 0.260 e. The second-order valence-corrected chi connectivity index (χ2v) is 5.42. The van der Waals surface area contributed by atoms with Gasteiger partial charge in [-0.1, -0.05) is 35.3 Å². The highest BCUT2D eigenvalue weighted by Gasteiger charge is 2.03. The van der Waals surface area contributed by atoms with Crippen LogP contribution in [0.2, 0.25) is 10.3 Å². The average Bonchev–Trinajstić information content (AvgIpc) is 2.50. The molecular weight excluding hydrogens is 321 g/mol. The molecule has 110 valence electrons. The van der Waals surface area contributed by atoms with Gasteiger partial charge in [-0.2, -0.15) is 5.10 Å². The summed E-state index contributed by atoms with van der Waals surface area (Å²) in [4.78, 5) is 4.37. The Balaban J connectivity index is 1.83. The van der Waals surface area contributed by atoms with Crippen molar-refractivity contribution in [1.29, 1.82) is 0 Å². The zero-order valence-corrected chi connectivity index (χ0v) is 13.1. The molecule has 3 rings (SSSR count). The van der Waals surface area contributed by atoms with Crippen molar-refractivity contribution in [1.82, 2.24) is 15.2 Å². The fourth-order valence-corrected chi connectivity index (χ4v) is 2.20. The van der Waals surface area contributed by atoms with Crippen molar-refractivity contribution in [2.45, 2.75) is 6.92 Å². The van der Waals surface area contributed by atoms with Crippen molar-refractivity contribution in [3.05, 3.63) is 57.8 Å². The van der Waals surface area contributed by atoms with Gasteiger partial charge >= 0.3 is 0 Å². The molecule has 0 unspecified atom stereocenters. The minimum absolute atomic E-state index is 0.326. The summed E-state index contributed by atoms with van der Waals surface area (Å²) >= 11 is 11.8. The standard InChI is InChI=1S/C15H11Cl2N5/c1-9-2-3-10-7-11(15(17)19-12(10)6-9)8-18-21-14-5-4-13(16)20-22-14/h2-8H,1H3,(H,21,22)/b18-8+. The number of nitrogens with zero attached hydrogens (tertiary/aromatic N) is 4. The molecule has 0 bridgehead atoms. The van der Waals surface area contributed by atoms with E-state index in [-0.39, 0.29) is 0 Å². The van der Waals surface area contributed by atoms with Crippen LogP contribution in [0.1, 0.15) is 11.1 Å². The molecule has 0 atom stereocenters. The number of rotatable bonds is 3. The molecule has 0 saturated carbocycles. The predicted molar refractivity (Wildman–Crippen MR) is 89.7 cm³/mol. The number of hydrazone groups is 1. The van der Waals surface area contributed by atoms with Crippen LogP contribution in [0, 0.1) is 6.92 Å². The molecule has 2 aromatic heterocycles. The van der Waals surface area contributed by atoms with Crippen molar-refractivity contribution >= 4 is 46.1 Å². The Bertz CT molecular complexity index is 846. The molecule has 1 aromatic carbocycles. The summed E-state index contributed by atoms with van der Waals surface area (Å²) in [5.74, 6) is 0.487. The summed E-state index contributed by atoms with van der Waals surface area (Å²) in [6.07, 6.45) is 1.59. The number of benzene rings is 1. The van der Waals surface area contributed by atoms with E-state index in [4.69, 9.17) is 23.2 Å². The van der Waals surface area contributed by atoms with Crippen molar-refractivity contribution in [2.75, 3.05) is 5.43 Å². The fourth-order valence-electron chi connectivity index (χ4n) is 1.90. The third-order valence-electron chi connectivity index (χ3n) is 2.97. The van der Waals surface area contributed by atoms with E-state index < -0.39 is 0 Å². The molecule has 0 amide bonds. The summed E-state index contributed by atoms with van der Waals surface area (Å²) < 4.78 is 0. The highest BCUT2D eigenvalue weighted by Crippen LogP contribution is 2.20. The smallest absolute Gasteiger partial charge is 0.168 e. The molecule has 7 heteroatoms. The molecular formula is C15H11Cl2N5. The van der Waals surface area contributed by atoms with E-state index in [0.717, 1.165) is 16.5 Å². The van der Waals surface area contributed by atoms with Gasteiger partial charge in [0, 0.05) is 10.9 Å². The van der Waals surface area contributed by atoms with Gasteiger partial charge in [0.2, 0.25) is 0 Å². The molecule has 0 fully saturated rings. The second-order valence-electron chi connectivity index (χ2n) is 4.68. The van der Waals surface area contributed by atoms with E-state index in [2.05, 4.69) is 25.7 Å². The van der Waals surface area contributed by atoms with Crippen LogP contribution in [0.15, 0.2) is 41.5 Å². The number of pyridine rings is 1. The Morgan fingerprint density at radius 1 is 1.09 bits per heavy atom. The van der Waals surface area contributed by atoms with Gasteiger partial charge in [-0.05, 0) is 36.8 Å². The molecule has 0 spiro atoms. The van der Waals surface area contributed by atoms with Gasteiger partial charge < -0.3 is 0 Å². The molecule has 22 heavy (non-hydrogen) atoms. The van der Waals surface area contributed by atoms with E-state index >= 15 is 0 Å². The van der Waals surface area contributed by atoms with Crippen LogP contribution in [0.25, 0.3) is 10.9 Å². The molecule has 0 aliphatic carbocycles. The van der Waals surface area contributed by atoms with Gasteiger partial charge in [0.25, 0.3) is 0 Å². The third kappa shape index (κ3) is 3.32. The van der Waals surface area contributed by atoms with Crippen molar-refractivity contribution in [3.63, 3.8) is 0 Å².